The highest BCUT2D eigenvalue weighted by atomic mass is 79.9. The minimum Gasteiger partial charge on any atom is -0.299 e. The lowest BCUT2D eigenvalue weighted by atomic mass is 9.79. The molecule has 2 nitrogen and oxygen atoms in total. The van der Waals surface area contributed by atoms with Gasteiger partial charge >= 0.3 is 0 Å². The van der Waals surface area contributed by atoms with Crippen molar-refractivity contribution in [1.82, 2.24) is 4.90 Å². The molecule has 2 aliphatic rings. The number of hydrogen-bond acceptors (Lipinski definition) is 3. The van der Waals surface area contributed by atoms with Crippen molar-refractivity contribution in [2.75, 3.05) is 6.54 Å². The molecule has 1 aromatic heterocycles. The second-order valence-corrected chi connectivity index (χ2v) is 7.90. The van der Waals surface area contributed by atoms with Crippen LogP contribution in [-0.2, 0) is 11.3 Å². The summed E-state index contributed by atoms with van der Waals surface area (Å²) >= 11 is 5.46. The zero-order valence-electron chi connectivity index (χ0n) is 11.8. The first-order valence-corrected chi connectivity index (χ1v) is 9.41. The molecule has 0 aromatic carbocycles. The molecule has 2 atom stereocenters. The van der Waals surface area contributed by atoms with E-state index in [2.05, 4.69) is 32.3 Å². The minimum absolute atomic E-state index is 0.308. The van der Waals surface area contributed by atoms with Crippen LogP contribution in [0.5, 0.6) is 0 Å². The van der Waals surface area contributed by atoms with Gasteiger partial charge in [0.2, 0.25) is 0 Å². The molecule has 110 valence electrons. The smallest absolute Gasteiger partial charge is 0.137 e. The molecule has 20 heavy (non-hydrogen) atoms. The van der Waals surface area contributed by atoms with Crippen LogP contribution in [0, 0.1) is 5.92 Å². The third kappa shape index (κ3) is 3.18. The fourth-order valence-electron chi connectivity index (χ4n) is 3.71. The molecule has 1 aliphatic heterocycles. The van der Waals surface area contributed by atoms with Crippen LogP contribution in [0.1, 0.15) is 49.8 Å². The zero-order valence-corrected chi connectivity index (χ0v) is 14.2. The van der Waals surface area contributed by atoms with E-state index in [9.17, 15) is 4.79 Å². The number of piperidine rings is 1. The molecule has 4 heteroatoms. The SMILES string of the molecule is O=C1CCCCC1C1CCCCN1Cc1sccc1Br. The van der Waals surface area contributed by atoms with Crippen molar-refractivity contribution < 1.29 is 4.79 Å². The Morgan fingerprint density at radius 3 is 2.85 bits per heavy atom. The first-order valence-electron chi connectivity index (χ1n) is 7.74. The number of carbonyl (C=O) groups excluding carboxylic acids is 1. The Hall–Kier alpha value is -0.190. The Labute approximate surface area is 133 Å². The van der Waals surface area contributed by atoms with Crippen molar-refractivity contribution in [3.05, 3.63) is 20.8 Å². The van der Waals surface area contributed by atoms with E-state index in [4.69, 9.17) is 0 Å². The Bertz CT molecular complexity index is 473. The van der Waals surface area contributed by atoms with E-state index >= 15 is 0 Å². The summed E-state index contributed by atoms with van der Waals surface area (Å²) in [5.74, 6) is 0.834. The zero-order chi connectivity index (χ0) is 13.9. The predicted octanol–water partition coefficient (Wildman–Crippen LogP) is 4.62. The number of Topliss-reactive ketones (excluding diaryl/α,β-unsaturated/α-hetero) is 1. The molecule has 0 spiro atoms. The topological polar surface area (TPSA) is 20.3 Å². The standard InChI is InChI=1S/C16H22BrNOS/c17-13-8-10-20-16(13)11-18-9-4-3-6-14(18)12-5-1-2-7-15(12)19/h8,10,12,14H,1-7,9,11H2. The van der Waals surface area contributed by atoms with Gasteiger partial charge in [-0.15, -0.1) is 11.3 Å². The third-order valence-electron chi connectivity index (χ3n) is 4.77. The minimum atomic E-state index is 0.308. The van der Waals surface area contributed by atoms with Gasteiger partial charge < -0.3 is 0 Å². The van der Waals surface area contributed by atoms with Gasteiger partial charge in [0.15, 0.2) is 0 Å². The summed E-state index contributed by atoms with van der Waals surface area (Å²) in [7, 11) is 0. The van der Waals surface area contributed by atoms with Gasteiger partial charge in [0.05, 0.1) is 0 Å². The fraction of sp³-hybridized carbons (Fsp3) is 0.688. The average Bonchev–Trinajstić information content (AvgIpc) is 2.86. The van der Waals surface area contributed by atoms with Gasteiger partial charge in [0.25, 0.3) is 0 Å². The van der Waals surface area contributed by atoms with Crippen LogP contribution in [0.4, 0.5) is 0 Å². The molecular weight excluding hydrogens is 334 g/mol. The highest BCUT2D eigenvalue weighted by Crippen LogP contribution is 2.34. The molecule has 1 saturated carbocycles. The van der Waals surface area contributed by atoms with E-state index < -0.39 is 0 Å². The van der Waals surface area contributed by atoms with E-state index in [-0.39, 0.29) is 0 Å². The second kappa shape index (κ2) is 6.71. The molecule has 0 bridgehead atoms. The molecule has 1 aliphatic carbocycles. The second-order valence-electron chi connectivity index (χ2n) is 6.04. The monoisotopic (exact) mass is 355 g/mol. The lowest BCUT2D eigenvalue weighted by Crippen LogP contribution is -2.46. The van der Waals surface area contributed by atoms with Gasteiger partial charge in [-0.3, -0.25) is 9.69 Å². The molecule has 0 radical (unpaired) electrons. The van der Waals surface area contributed by atoms with Crippen LogP contribution in [0.3, 0.4) is 0 Å². The summed E-state index contributed by atoms with van der Waals surface area (Å²) in [6.07, 6.45) is 8.06. The van der Waals surface area contributed by atoms with Crippen LogP contribution in [-0.4, -0.2) is 23.3 Å². The van der Waals surface area contributed by atoms with Crippen LogP contribution < -0.4 is 0 Å². The first kappa shape index (κ1) is 14.7. The molecule has 1 saturated heterocycles. The van der Waals surface area contributed by atoms with Gasteiger partial charge in [-0.05, 0) is 59.6 Å². The van der Waals surface area contributed by atoms with Crippen molar-refractivity contribution in [3.63, 3.8) is 0 Å². The van der Waals surface area contributed by atoms with E-state index in [0.717, 1.165) is 32.4 Å². The Kier molecular flexibility index (Phi) is 4.95. The van der Waals surface area contributed by atoms with Gasteiger partial charge in [0.1, 0.15) is 5.78 Å². The summed E-state index contributed by atoms with van der Waals surface area (Å²) in [4.78, 5) is 16.3. The quantitative estimate of drug-likeness (QED) is 0.787. The molecule has 2 heterocycles. The summed E-state index contributed by atoms with van der Waals surface area (Å²) in [5.41, 5.74) is 0. The Morgan fingerprint density at radius 2 is 2.10 bits per heavy atom. The molecule has 2 fully saturated rings. The van der Waals surface area contributed by atoms with Crippen molar-refractivity contribution in [2.24, 2.45) is 5.92 Å². The Morgan fingerprint density at radius 1 is 1.25 bits per heavy atom. The predicted molar refractivity (Wildman–Crippen MR) is 87.0 cm³/mol. The summed E-state index contributed by atoms with van der Waals surface area (Å²) < 4.78 is 1.22. The fourth-order valence-corrected chi connectivity index (χ4v) is 5.21. The largest absolute Gasteiger partial charge is 0.299 e. The number of thiophene rings is 1. The maximum Gasteiger partial charge on any atom is 0.137 e. The number of nitrogens with zero attached hydrogens (tertiary/aromatic N) is 1. The van der Waals surface area contributed by atoms with Crippen LogP contribution >= 0.6 is 27.3 Å². The lowest BCUT2D eigenvalue weighted by molar-refractivity contribution is -0.127. The highest BCUT2D eigenvalue weighted by Gasteiger charge is 2.35. The number of likely N-dealkylation sites (tertiary alicyclic amines) is 1. The number of hydrogen-bond donors (Lipinski definition) is 0. The van der Waals surface area contributed by atoms with Crippen molar-refractivity contribution >= 4 is 33.0 Å². The number of halogens is 1. The van der Waals surface area contributed by atoms with Crippen LogP contribution in [0.2, 0.25) is 0 Å². The van der Waals surface area contributed by atoms with Crippen molar-refractivity contribution in [1.29, 1.82) is 0 Å². The van der Waals surface area contributed by atoms with Gasteiger partial charge in [-0.25, -0.2) is 0 Å². The van der Waals surface area contributed by atoms with Gasteiger partial charge in [0, 0.05) is 34.3 Å². The molecule has 1 aromatic rings. The van der Waals surface area contributed by atoms with Gasteiger partial charge in [-0.2, -0.15) is 0 Å². The summed E-state index contributed by atoms with van der Waals surface area (Å²) in [6, 6.07) is 2.62. The summed E-state index contributed by atoms with van der Waals surface area (Å²) in [6.45, 7) is 2.16. The lowest BCUT2D eigenvalue weighted by Gasteiger charge is -2.41. The summed E-state index contributed by atoms with van der Waals surface area (Å²) in [5, 5.41) is 2.14. The van der Waals surface area contributed by atoms with Crippen molar-refractivity contribution in [2.45, 2.75) is 57.5 Å². The average molecular weight is 356 g/mol. The molecule has 3 rings (SSSR count). The normalized spacial score (nSPS) is 28.8. The van der Waals surface area contributed by atoms with Gasteiger partial charge in [-0.1, -0.05) is 12.8 Å². The van der Waals surface area contributed by atoms with E-state index in [0.29, 0.717) is 17.7 Å². The van der Waals surface area contributed by atoms with Crippen molar-refractivity contribution in [3.8, 4) is 0 Å². The highest BCUT2D eigenvalue weighted by molar-refractivity contribution is 9.10. The van der Waals surface area contributed by atoms with Crippen LogP contribution in [0.25, 0.3) is 0 Å². The maximum absolute atomic E-state index is 12.3. The number of rotatable bonds is 3. The number of ketones is 1. The van der Waals surface area contributed by atoms with E-state index in [1.807, 2.05) is 11.3 Å². The van der Waals surface area contributed by atoms with E-state index in [1.165, 1.54) is 35.0 Å². The Balaban J connectivity index is 1.73. The molecular formula is C16H22BrNOS. The number of carbonyl (C=O) groups is 1. The molecule has 0 N–H and O–H groups in total. The molecule has 2 unspecified atom stereocenters. The molecule has 0 amide bonds. The van der Waals surface area contributed by atoms with Crippen LogP contribution in [0.15, 0.2) is 15.9 Å². The third-order valence-corrected chi connectivity index (χ3v) is 6.68. The van der Waals surface area contributed by atoms with E-state index in [1.54, 1.807) is 0 Å². The maximum atomic E-state index is 12.3. The first-order chi connectivity index (χ1) is 9.75.